The van der Waals surface area contributed by atoms with Gasteiger partial charge in [0, 0.05) is 5.54 Å². The summed E-state index contributed by atoms with van der Waals surface area (Å²) in [4.78, 5) is 0. The molecule has 150 valence electrons. The Morgan fingerprint density at radius 3 is 1.64 bits per heavy atom. The quantitative estimate of drug-likeness (QED) is 0.411. The number of nitrogens with two attached hydrogens (primary N) is 1. The standard InChI is InChI=1S/C24H49N/c1-10-18(6)19(7)21(20-16-15-17-20)23(9,22(8,11-2)12-3)24(25,13-4)14-5/h18-21H,10-17,25H2,1-9H3/t18?,19?,21?,23-/m0/s1. The Labute approximate surface area is 159 Å². The van der Waals surface area contributed by atoms with Crippen LogP contribution in [-0.4, -0.2) is 5.54 Å². The van der Waals surface area contributed by atoms with E-state index in [1.807, 2.05) is 0 Å². The topological polar surface area (TPSA) is 26.0 Å². The lowest BCUT2D eigenvalue weighted by Gasteiger charge is -2.64. The first kappa shape index (κ1) is 23.0. The highest BCUT2D eigenvalue weighted by atomic mass is 14.8. The van der Waals surface area contributed by atoms with E-state index in [9.17, 15) is 0 Å². The highest BCUT2D eigenvalue weighted by Crippen LogP contribution is 2.63. The highest BCUT2D eigenvalue weighted by molar-refractivity contribution is 5.12. The summed E-state index contributed by atoms with van der Waals surface area (Å²) in [6.45, 7) is 22.0. The van der Waals surface area contributed by atoms with Crippen LogP contribution in [0.1, 0.15) is 114 Å². The molecule has 1 saturated carbocycles. The van der Waals surface area contributed by atoms with Gasteiger partial charge in [-0.15, -0.1) is 0 Å². The zero-order valence-corrected chi connectivity index (χ0v) is 19.0. The molecule has 1 aliphatic carbocycles. The van der Waals surface area contributed by atoms with Crippen LogP contribution in [0, 0.1) is 34.5 Å². The molecule has 0 heterocycles. The lowest BCUT2D eigenvalue weighted by Crippen LogP contribution is -2.66. The summed E-state index contributed by atoms with van der Waals surface area (Å²) >= 11 is 0. The smallest absolute Gasteiger partial charge is 0.0211 e. The fourth-order valence-electron chi connectivity index (χ4n) is 6.26. The minimum absolute atomic E-state index is 0.0737. The first-order valence-corrected chi connectivity index (χ1v) is 11.4. The van der Waals surface area contributed by atoms with E-state index < -0.39 is 0 Å². The largest absolute Gasteiger partial charge is 0.325 e. The molecular formula is C24H49N. The molecule has 0 spiro atoms. The lowest BCUT2D eigenvalue weighted by atomic mass is 9.42. The first-order valence-electron chi connectivity index (χ1n) is 11.4. The van der Waals surface area contributed by atoms with Gasteiger partial charge in [0.25, 0.3) is 0 Å². The minimum Gasteiger partial charge on any atom is -0.325 e. The van der Waals surface area contributed by atoms with Crippen LogP contribution >= 0.6 is 0 Å². The molecule has 0 saturated heterocycles. The molecule has 0 aromatic heterocycles. The predicted octanol–water partition coefficient (Wildman–Crippen LogP) is 7.44. The third kappa shape index (κ3) is 3.69. The molecule has 0 radical (unpaired) electrons. The van der Waals surface area contributed by atoms with E-state index in [1.165, 1.54) is 38.5 Å². The summed E-state index contributed by atoms with van der Waals surface area (Å²) in [6, 6.07) is 0. The van der Waals surface area contributed by atoms with Crippen molar-refractivity contribution in [2.45, 2.75) is 119 Å². The fourth-order valence-corrected chi connectivity index (χ4v) is 6.26. The number of rotatable bonds is 11. The Bertz CT molecular complexity index is 369. The van der Waals surface area contributed by atoms with Crippen molar-refractivity contribution in [2.24, 2.45) is 40.2 Å². The zero-order valence-electron chi connectivity index (χ0n) is 19.0. The van der Waals surface area contributed by atoms with Gasteiger partial charge in [-0.3, -0.25) is 0 Å². The van der Waals surface area contributed by atoms with E-state index in [2.05, 4.69) is 62.3 Å². The molecule has 2 N–H and O–H groups in total. The summed E-state index contributed by atoms with van der Waals surface area (Å²) < 4.78 is 0. The molecule has 0 amide bonds. The van der Waals surface area contributed by atoms with Crippen LogP contribution in [0.4, 0.5) is 0 Å². The van der Waals surface area contributed by atoms with Crippen molar-refractivity contribution < 1.29 is 0 Å². The van der Waals surface area contributed by atoms with E-state index in [4.69, 9.17) is 5.73 Å². The second kappa shape index (κ2) is 8.77. The Morgan fingerprint density at radius 1 is 0.880 bits per heavy atom. The predicted molar refractivity (Wildman–Crippen MR) is 114 cm³/mol. The molecule has 0 aliphatic heterocycles. The van der Waals surface area contributed by atoms with E-state index in [0.29, 0.717) is 5.41 Å². The monoisotopic (exact) mass is 351 g/mol. The van der Waals surface area contributed by atoms with Crippen LogP contribution in [0.25, 0.3) is 0 Å². The van der Waals surface area contributed by atoms with Crippen LogP contribution in [0.2, 0.25) is 0 Å². The maximum absolute atomic E-state index is 7.31. The van der Waals surface area contributed by atoms with Crippen LogP contribution in [0.15, 0.2) is 0 Å². The minimum atomic E-state index is -0.0737. The van der Waals surface area contributed by atoms with E-state index in [0.717, 1.165) is 36.5 Å². The average Bonchev–Trinajstić information content (AvgIpc) is 2.60. The molecule has 1 aliphatic rings. The average molecular weight is 352 g/mol. The van der Waals surface area contributed by atoms with Gasteiger partial charge in [0.05, 0.1) is 0 Å². The van der Waals surface area contributed by atoms with Gasteiger partial charge >= 0.3 is 0 Å². The summed E-state index contributed by atoms with van der Waals surface area (Å²) in [7, 11) is 0. The van der Waals surface area contributed by atoms with Crippen molar-refractivity contribution in [3.05, 3.63) is 0 Å². The maximum atomic E-state index is 7.31. The van der Waals surface area contributed by atoms with Gasteiger partial charge in [0.2, 0.25) is 0 Å². The van der Waals surface area contributed by atoms with E-state index in [1.54, 1.807) is 0 Å². The Morgan fingerprint density at radius 2 is 1.36 bits per heavy atom. The molecule has 3 unspecified atom stereocenters. The molecule has 0 aromatic carbocycles. The summed E-state index contributed by atoms with van der Waals surface area (Å²) in [5.74, 6) is 3.15. The molecule has 25 heavy (non-hydrogen) atoms. The molecule has 1 rings (SSSR count). The van der Waals surface area contributed by atoms with Crippen molar-refractivity contribution in [1.82, 2.24) is 0 Å². The van der Waals surface area contributed by atoms with Gasteiger partial charge in [-0.05, 0) is 47.3 Å². The van der Waals surface area contributed by atoms with Gasteiger partial charge in [0.15, 0.2) is 0 Å². The number of hydrogen-bond donors (Lipinski definition) is 1. The van der Waals surface area contributed by atoms with Crippen LogP contribution in [-0.2, 0) is 0 Å². The molecule has 4 atom stereocenters. The van der Waals surface area contributed by atoms with Gasteiger partial charge < -0.3 is 5.73 Å². The van der Waals surface area contributed by atoms with Crippen molar-refractivity contribution in [3.8, 4) is 0 Å². The second-order valence-corrected chi connectivity index (χ2v) is 9.79. The van der Waals surface area contributed by atoms with Crippen molar-refractivity contribution in [3.63, 3.8) is 0 Å². The van der Waals surface area contributed by atoms with E-state index >= 15 is 0 Å². The van der Waals surface area contributed by atoms with E-state index in [-0.39, 0.29) is 11.0 Å². The highest BCUT2D eigenvalue weighted by Gasteiger charge is 2.60. The Kier molecular flexibility index (Phi) is 8.06. The normalized spacial score (nSPS) is 22.8. The van der Waals surface area contributed by atoms with Crippen LogP contribution in [0.3, 0.4) is 0 Å². The van der Waals surface area contributed by atoms with Gasteiger partial charge in [0.1, 0.15) is 0 Å². The Balaban J connectivity index is 3.59. The Hall–Kier alpha value is -0.0400. The summed E-state index contributed by atoms with van der Waals surface area (Å²) in [5.41, 5.74) is 7.72. The van der Waals surface area contributed by atoms with Crippen molar-refractivity contribution in [1.29, 1.82) is 0 Å². The number of hydrogen-bond acceptors (Lipinski definition) is 1. The molecule has 1 nitrogen and oxygen atoms in total. The van der Waals surface area contributed by atoms with Crippen molar-refractivity contribution >= 4 is 0 Å². The molecule has 0 bridgehead atoms. The summed E-state index contributed by atoms with van der Waals surface area (Å²) in [5, 5.41) is 0. The van der Waals surface area contributed by atoms with Crippen molar-refractivity contribution in [2.75, 3.05) is 0 Å². The summed E-state index contributed by atoms with van der Waals surface area (Å²) in [6.07, 6.45) is 10.2. The second-order valence-electron chi connectivity index (χ2n) is 9.79. The van der Waals surface area contributed by atoms with Crippen LogP contribution < -0.4 is 5.73 Å². The molecule has 1 heteroatoms. The van der Waals surface area contributed by atoms with Gasteiger partial charge in [-0.25, -0.2) is 0 Å². The third-order valence-electron chi connectivity index (χ3n) is 9.54. The van der Waals surface area contributed by atoms with Crippen LogP contribution in [0.5, 0.6) is 0 Å². The molecule has 0 aromatic rings. The SMILES string of the molecule is CCC(C)C(C)C(C1CCC1)[C@@](C)(C(C)(CC)CC)C(N)(CC)CC. The van der Waals surface area contributed by atoms with Gasteiger partial charge in [-0.1, -0.05) is 101 Å². The lowest BCUT2D eigenvalue weighted by molar-refractivity contribution is -0.133. The molecule has 1 fully saturated rings. The zero-order chi connectivity index (χ0) is 19.5. The fraction of sp³-hybridized carbons (Fsp3) is 1.00. The van der Waals surface area contributed by atoms with Gasteiger partial charge in [-0.2, -0.15) is 0 Å². The molecular weight excluding hydrogens is 302 g/mol. The first-order chi connectivity index (χ1) is 11.6. The third-order valence-corrected chi connectivity index (χ3v) is 9.54. The maximum Gasteiger partial charge on any atom is 0.0211 e.